The van der Waals surface area contributed by atoms with Crippen molar-refractivity contribution in [3.63, 3.8) is 0 Å². The standard InChI is InChI=1S/C15H21Cl2N/c1-10-4-3-5-11(8-10)15(18-2)12-6-7-13(16)14(17)9-12/h6-7,9-11,15,18H,3-5,8H2,1-2H3. The van der Waals surface area contributed by atoms with E-state index in [0.29, 0.717) is 22.0 Å². The second-order valence-corrected chi connectivity index (χ2v) is 6.29. The molecular weight excluding hydrogens is 265 g/mol. The highest BCUT2D eigenvalue weighted by atomic mass is 35.5. The van der Waals surface area contributed by atoms with Gasteiger partial charge in [-0.3, -0.25) is 0 Å². The average molecular weight is 286 g/mol. The van der Waals surface area contributed by atoms with E-state index in [1.165, 1.54) is 31.2 Å². The highest BCUT2D eigenvalue weighted by Crippen LogP contribution is 2.38. The van der Waals surface area contributed by atoms with Crippen molar-refractivity contribution in [3.8, 4) is 0 Å². The van der Waals surface area contributed by atoms with Gasteiger partial charge in [0.15, 0.2) is 0 Å². The molecule has 0 bridgehead atoms. The maximum Gasteiger partial charge on any atom is 0.0595 e. The van der Waals surface area contributed by atoms with Crippen LogP contribution in [0.25, 0.3) is 0 Å². The van der Waals surface area contributed by atoms with E-state index >= 15 is 0 Å². The summed E-state index contributed by atoms with van der Waals surface area (Å²) in [5.74, 6) is 1.54. The molecule has 100 valence electrons. The first-order valence-corrected chi connectivity index (χ1v) is 7.49. The van der Waals surface area contributed by atoms with Gasteiger partial charge in [0.05, 0.1) is 10.0 Å². The number of hydrogen-bond donors (Lipinski definition) is 1. The van der Waals surface area contributed by atoms with E-state index in [-0.39, 0.29) is 0 Å². The molecule has 2 rings (SSSR count). The predicted octanol–water partition coefficient (Wildman–Crippen LogP) is 5.08. The summed E-state index contributed by atoms with van der Waals surface area (Å²) in [4.78, 5) is 0. The lowest BCUT2D eigenvalue weighted by Gasteiger charge is -2.33. The molecule has 1 nitrogen and oxygen atoms in total. The van der Waals surface area contributed by atoms with Crippen LogP contribution in [-0.2, 0) is 0 Å². The molecule has 1 saturated carbocycles. The number of nitrogens with one attached hydrogen (secondary N) is 1. The van der Waals surface area contributed by atoms with Crippen LogP contribution in [-0.4, -0.2) is 7.05 Å². The fraction of sp³-hybridized carbons (Fsp3) is 0.600. The molecular formula is C15H21Cl2N. The summed E-state index contributed by atoms with van der Waals surface area (Å²) in [5, 5.41) is 4.74. The lowest BCUT2D eigenvalue weighted by molar-refractivity contribution is 0.230. The zero-order valence-corrected chi connectivity index (χ0v) is 12.6. The molecule has 0 saturated heterocycles. The quantitative estimate of drug-likeness (QED) is 0.817. The van der Waals surface area contributed by atoms with Crippen LogP contribution in [0.2, 0.25) is 10.0 Å². The smallest absolute Gasteiger partial charge is 0.0595 e. The highest BCUT2D eigenvalue weighted by Gasteiger charge is 2.27. The van der Waals surface area contributed by atoms with Crippen LogP contribution in [0, 0.1) is 11.8 Å². The van der Waals surface area contributed by atoms with E-state index in [1.54, 1.807) is 0 Å². The Labute approximate surface area is 120 Å². The van der Waals surface area contributed by atoms with Gasteiger partial charge in [-0.25, -0.2) is 0 Å². The molecule has 1 aliphatic carbocycles. The van der Waals surface area contributed by atoms with Crippen molar-refractivity contribution in [2.24, 2.45) is 11.8 Å². The van der Waals surface area contributed by atoms with Crippen LogP contribution >= 0.6 is 23.2 Å². The zero-order valence-electron chi connectivity index (χ0n) is 11.0. The van der Waals surface area contributed by atoms with Gasteiger partial charge in [0, 0.05) is 6.04 Å². The topological polar surface area (TPSA) is 12.0 Å². The van der Waals surface area contributed by atoms with Crippen molar-refractivity contribution in [1.82, 2.24) is 5.32 Å². The number of halogens is 2. The summed E-state index contributed by atoms with van der Waals surface area (Å²) in [7, 11) is 2.03. The maximum atomic E-state index is 6.12. The van der Waals surface area contributed by atoms with E-state index in [2.05, 4.69) is 18.3 Å². The Bertz CT molecular complexity index is 405. The molecule has 1 fully saturated rings. The molecule has 3 atom stereocenters. The van der Waals surface area contributed by atoms with Crippen molar-refractivity contribution in [3.05, 3.63) is 33.8 Å². The molecule has 0 aromatic heterocycles. The lowest BCUT2D eigenvalue weighted by Crippen LogP contribution is -2.28. The van der Waals surface area contributed by atoms with Gasteiger partial charge >= 0.3 is 0 Å². The van der Waals surface area contributed by atoms with Crippen LogP contribution in [0.5, 0.6) is 0 Å². The maximum absolute atomic E-state index is 6.12. The lowest BCUT2D eigenvalue weighted by atomic mass is 9.77. The van der Waals surface area contributed by atoms with Crippen molar-refractivity contribution in [2.75, 3.05) is 7.05 Å². The van der Waals surface area contributed by atoms with Gasteiger partial charge in [-0.15, -0.1) is 0 Å². The van der Waals surface area contributed by atoms with E-state index < -0.39 is 0 Å². The zero-order chi connectivity index (χ0) is 13.1. The van der Waals surface area contributed by atoms with Gasteiger partial charge < -0.3 is 5.32 Å². The van der Waals surface area contributed by atoms with Crippen LogP contribution in [0.3, 0.4) is 0 Å². The molecule has 0 aliphatic heterocycles. The second kappa shape index (κ2) is 6.27. The van der Waals surface area contributed by atoms with E-state index in [9.17, 15) is 0 Å². The summed E-state index contributed by atoms with van der Waals surface area (Å²) >= 11 is 12.1. The fourth-order valence-corrected chi connectivity index (χ4v) is 3.47. The minimum absolute atomic E-state index is 0.391. The summed E-state index contributed by atoms with van der Waals surface area (Å²) in [5.41, 5.74) is 1.26. The Balaban J connectivity index is 2.18. The first kappa shape index (κ1) is 14.2. The Morgan fingerprint density at radius 3 is 2.61 bits per heavy atom. The summed E-state index contributed by atoms with van der Waals surface area (Å²) < 4.78 is 0. The largest absolute Gasteiger partial charge is 0.313 e. The van der Waals surface area contributed by atoms with Gasteiger partial charge in [0.1, 0.15) is 0 Å². The summed E-state index contributed by atoms with van der Waals surface area (Å²) in [6, 6.07) is 6.39. The third-order valence-corrected chi connectivity index (χ3v) is 4.80. The average Bonchev–Trinajstić information content (AvgIpc) is 2.35. The Morgan fingerprint density at radius 1 is 1.22 bits per heavy atom. The monoisotopic (exact) mass is 285 g/mol. The van der Waals surface area contributed by atoms with Crippen molar-refractivity contribution in [2.45, 2.75) is 38.6 Å². The third-order valence-electron chi connectivity index (χ3n) is 4.06. The van der Waals surface area contributed by atoms with Gasteiger partial charge in [0.2, 0.25) is 0 Å². The van der Waals surface area contributed by atoms with E-state index in [1.807, 2.05) is 19.2 Å². The number of rotatable bonds is 3. The first-order chi connectivity index (χ1) is 8.61. The molecule has 3 heteroatoms. The van der Waals surface area contributed by atoms with Gasteiger partial charge in [-0.05, 0) is 49.4 Å². The van der Waals surface area contributed by atoms with E-state index in [0.717, 1.165) is 5.92 Å². The molecule has 3 unspecified atom stereocenters. The minimum atomic E-state index is 0.391. The SMILES string of the molecule is CNC(c1ccc(Cl)c(Cl)c1)C1CCCC(C)C1. The Morgan fingerprint density at radius 2 is 2.00 bits per heavy atom. The first-order valence-electron chi connectivity index (χ1n) is 6.74. The van der Waals surface area contributed by atoms with Crippen LogP contribution in [0.1, 0.15) is 44.2 Å². The predicted molar refractivity (Wildman–Crippen MR) is 79.4 cm³/mol. The van der Waals surface area contributed by atoms with Gasteiger partial charge in [-0.2, -0.15) is 0 Å². The molecule has 1 aromatic carbocycles. The van der Waals surface area contributed by atoms with Gasteiger partial charge in [-0.1, -0.05) is 49.0 Å². The molecule has 0 heterocycles. The van der Waals surface area contributed by atoms with Crippen LogP contribution < -0.4 is 5.32 Å². The fourth-order valence-electron chi connectivity index (χ4n) is 3.16. The highest BCUT2D eigenvalue weighted by molar-refractivity contribution is 6.42. The molecule has 18 heavy (non-hydrogen) atoms. The van der Waals surface area contributed by atoms with Crippen molar-refractivity contribution >= 4 is 23.2 Å². The molecule has 0 spiro atoms. The van der Waals surface area contributed by atoms with Crippen LogP contribution in [0.4, 0.5) is 0 Å². The molecule has 1 aromatic rings. The number of benzene rings is 1. The minimum Gasteiger partial charge on any atom is -0.313 e. The molecule has 0 radical (unpaired) electrons. The second-order valence-electron chi connectivity index (χ2n) is 5.47. The molecule has 1 N–H and O–H groups in total. The number of hydrogen-bond acceptors (Lipinski definition) is 1. The Kier molecular flexibility index (Phi) is 4.94. The van der Waals surface area contributed by atoms with Crippen molar-refractivity contribution in [1.29, 1.82) is 0 Å². The Hall–Kier alpha value is -0.240. The van der Waals surface area contributed by atoms with Gasteiger partial charge in [0.25, 0.3) is 0 Å². The molecule has 0 amide bonds. The summed E-state index contributed by atoms with van der Waals surface area (Å²) in [6.07, 6.45) is 5.31. The van der Waals surface area contributed by atoms with E-state index in [4.69, 9.17) is 23.2 Å². The molecule has 1 aliphatic rings. The van der Waals surface area contributed by atoms with Crippen LogP contribution in [0.15, 0.2) is 18.2 Å². The normalized spacial score (nSPS) is 26.0. The third kappa shape index (κ3) is 3.20. The summed E-state index contributed by atoms with van der Waals surface area (Å²) in [6.45, 7) is 2.35. The van der Waals surface area contributed by atoms with Crippen molar-refractivity contribution < 1.29 is 0 Å².